The van der Waals surface area contributed by atoms with Crippen LogP contribution in [-0.4, -0.2) is 71.0 Å². The lowest BCUT2D eigenvalue weighted by atomic mass is 10.00. The Morgan fingerprint density at radius 2 is 1.46 bits per heavy atom. The number of hydrogen-bond acceptors (Lipinski definition) is 4. The molecule has 3 atom stereocenters. The van der Waals surface area contributed by atoms with Crippen LogP contribution in [0, 0.1) is 5.92 Å². The van der Waals surface area contributed by atoms with E-state index in [4.69, 9.17) is 0 Å². The average molecular weight is 345 g/mol. The second-order valence-corrected chi connectivity index (χ2v) is 7.37. The highest BCUT2D eigenvalue weighted by Gasteiger charge is 2.23. The number of aliphatic hydroxyl groups is 2. The Bertz CT molecular complexity index is 285. The molecule has 2 N–H and O–H groups in total. The molecule has 0 aliphatic carbocycles. The number of β-amino-alcohol motifs (C(OH)–C–C–N with tert-alkyl or cyclic N) is 2. The summed E-state index contributed by atoms with van der Waals surface area (Å²) in [6.45, 7) is 18.2. The highest BCUT2D eigenvalue weighted by atomic mass is 16.3. The van der Waals surface area contributed by atoms with Gasteiger partial charge in [-0.05, 0) is 64.6 Å². The van der Waals surface area contributed by atoms with E-state index in [2.05, 4.69) is 37.5 Å². The molecule has 2 rings (SSSR count). The Hall–Kier alpha value is -0.160. The lowest BCUT2D eigenvalue weighted by Gasteiger charge is -2.36. The molecule has 4 heteroatoms. The van der Waals surface area contributed by atoms with Crippen molar-refractivity contribution in [3.8, 4) is 0 Å². The Kier molecular flexibility index (Phi) is 14.0. The van der Waals surface area contributed by atoms with Crippen LogP contribution in [0.5, 0.6) is 0 Å². The van der Waals surface area contributed by atoms with Gasteiger partial charge in [-0.3, -0.25) is 4.90 Å². The summed E-state index contributed by atoms with van der Waals surface area (Å²) >= 11 is 0. The molecule has 2 saturated heterocycles. The number of rotatable bonds is 4. The van der Waals surface area contributed by atoms with Gasteiger partial charge in [-0.2, -0.15) is 0 Å². The van der Waals surface area contributed by atoms with E-state index in [1.807, 2.05) is 13.8 Å². The molecular formula is C20H44N2O2. The van der Waals surface area contributed by atoms with Gasteiger partial charge in [0.1, 0.15) is 0 Å². The molecule has 2 heterocycles. The van der Waals surface area contributed by atoms with Crippen LogP contribution in [0.25, 0.3) is 0 Å². The predicted octanol–water partition coefficient (Wildman–Crippen LogP) is 3.37. The molecule has 146 valence electrons. The van der Waals surface area contributed by atoms with Crippen molar-refractivity contribution in [2.45, 2.75) is 91.9 Å². The fourth-order valence-corrected chi connectivity index (χ4v) is 3.33. The van der Waals surface area contributed by atoms with Gasteiger partial charge in [0, 0.05) is 19.1 Å². The van der Waals surface area contributed by atoms with E-state index in [0.717, 1.165) is 45.4 Å². The van der Waals surface area contributed by atoms with Crippen molar-refractivity contribution in [2.75, 3.05) is 32.7 Å². The maximum Gasteiger partial charge on any atom is 0.0667 e. The van der Waals surface area contributed by atoms with Gasteiger partial charge >= 0.3 is 0 Å². The molecule has 2 fully saturated rings. The van der Waals surface area contributed by atoms with E-state index in [9.17, 15) is 10.2 Å². The summed E-state index contributed by atoms with van der Waals surface area (Å²) in [6, 6.07) is 0.611. The monoisotopic (exact) mass is 344 g/mol. The summed E-state index contributed by atoms with van der Waals surface area (Å²) in [6.07, 6.45) is 5.37. The molecule has 0 aromatic rings. The van der Waals surface area contributed by atoms with E-state index in [1.165, 1.54) is 19.4 Å². The molecule has 3 unspecified atom stereocenters. The van der Waals surface area contributed by atoms with E-state index >= 15 is 0 Å². The standard InChI is InChI=1S/C10H21NO.C8H17NO.C2H6/c1-8(2)9(3)11-6-4-5-10(12)7-11;1-2-5-9-6-3-4-8(10)7-9;1-2/h8-10,12H,4-7H2,1-3H3;8,10H,2-7H2,1H3;1-2H3. The van der Waals surface area contributed by atoms with Crippen LogP contribution in [0.3, 0.4) is 0 Å². The first kappa shape index (κ1) is 23.8. The molecular weight excluding hydrogens is 300 g/mol. The van der Waals surface area contributed by atoms with Crippen molar-refractivity contribution >= 4 is 0 Å². The first-order chi connectivity index (χ1) is 11.4. The Balaban J connectivity index is 0.000000405. The topological polar surface area (TPSA) is 46.9 Å². The third kappa shape index (κ3) is 9.97. The molecule has 0 aromatic heterocycles. The fraction of sp³-hybridized carbons (Fsp3) is 1.00. The van der Waals surface area contributed by atoms with E-state index in [-0.39, 0.29) is 12.2 Å². The molecule has 0 bridgehead atoms. The van der Waals surface area contributed by atoms with Gasteiger partial charge in [-0.25, -0.2) is 0 Å². The van der Waals surface area contributed by atoms with Crippen molar-refractivity contribution in [3.63, 3.8) is 0 Å². The molecule has 0 spiro atoms. The number of piperidine rings is 2. The van der Waals surface area contributed by atoms with Crippen LogP contribution in [-0.2, 0) is 0 Å². The lowest BCUT2D eigenvalue weighted by molar-refractivity contribution is 0.0392. The van der Waals surface area contributed by atoms with Crippen molar-refractivity contribution < 1.29 is 10.2 Å². The second kappa shape index (κ2) is 14.1. The first-order valence-electron chi connectivity index (χ1n) is 10.3. The summed E-state index contributed by atoms with van der Waals surface area (Å²) in [4.78, 5) is 4.74. The smallest absolute Gasteiger partial charge is 0.0667 e. The molecule has 0 amide bonds. The third-order valence-corrected chi connectivity index (χ3v) is 4.99. The zero-order valence-corrected chi connectivity index (χ0v) is 17.2. The minimum atomic E-state index is -0.0834. The average Bonchev–Trinajstić information content (AvgIpc) is 2.57. The van der Waals surface area contributed by atoms with Crippen molar-refractivity contribution in [3.05, 3.63) is 0 Å². The van der Waals surface area contributed by atoms with Gasteiger partial charge in [0.05, 0.1) is 12.2 Å². The fourth-order valence-electron chi connectivity index (χ4n) is 3.33. The first-order valence-corrected chi connectivity index (χ1v) is 10.3. The Morgan fingerprint density at radius 3 is 1.92 bits per heavy atom. The van der Waals surface area contributed by atoms with Gasteiger partial charge < -0.3 is 15.1 Å². The van der Waals surface area contributed by atoms with Crippen LogP contribution < -0.4 is 0 Å². The summed E-state index contributed by atoms with van der Waals surface area (Å²) in [5.74, 6) is 0.690. The van der Waals surface area contributed by atoms with Gasteiger partial charge in [-0.1, -0.05) is 34.6 Å². The maximum absolute atomic E-state index is 9.47. The summed E-state index contributed by atoms with van der Waals surface area (Å²) in [7, 11) is 0. The number of nitrogens with zero attached hydrogens (tertiary/aromatic N) is 2. The second-order valence-electron chi connectivity index (χ2n) is 7.37. The van der Waals surface area contributed by atoms with Crippen molar-refractivity contribution in [1.82, 2.24) is 9.80 Å². The number of aliphatic hydroxyl groups excluding tert-OH is 2. The summed E-state index contributed by atoms with van der Waals surface area (Å²) in [5.41, 5.74) is 0. The Labute approximate surface area is 151 Å². The SMILES string of the molecule is CC.CC(C)C(C)N1CCCC(O)C1.CCCN1CCCC(O)C1. The largest absolute Gasteiger partial charge is 0.392 e. The quantitative estimate of drug-likeness (QED) is 0.821. The van der Waals surface area contributed by atoms with E-state index < -0.39 is 0 Å². The number of hydrogen-bond donors (Lipinski definition) is 2. The van der Waals surface area contributed by atoms with Gasteiger partial charge in [-0.15, -0.1) is 0 Å². The zero-order valence-electron chi connectivity index (χ0n) is 17.2. The maximum atomic E-state index is 9.47. The van der Waals surface area contributed by atoms with Crippen molar-refractivity contribution in [2.24, 2.45) is 5.92 Å². The number of likely N-dealkylation sites (tertiary alicyclic amines) is 2. The van der Waals surface area contributed by atoms with Gasteiger partial charge in [0.2, 0.25) is 0 Å². The van der Waals surface area contributed by atoms with Gasteiger partial charge in [0.25, 0.3) is 0 Å². The Morgan fingerprint density at radius 1 is 0.917 bits per heavy atom. The molecule has 0 radical (unpaired) electrons. The zero-order chi connectivity index (χ0) is 18.5. The molecule has 2 aliphatic heterocycles. The lowest BCUT2D eigenvalue weighted by Crippen LogP contribution is -2.45. The van der Waals surface area contributed by atoms with E-state index in [1.54, 1.807) is 0 Å². The van der Waals surface area contributed by atoms with Crippen LogP contribution in [0.15, 0.2) is 0 Å². The van der Waals surface area contributed by atoms with Crippen molar-refractivity contribution in [1.29, 1.82) is 0 Å². The third-order valence-electron chi connectivity index (χ3n) is 4.99. The molecule has 0 saturated carbocycles. The molecule has 4 nitrogen and oxygen atoms in total. The normalized spacial score (nSPS) is 26.9. The highest BCUT2D eigenvalue weighted by molar-refractivity contribution is 4.77. The molecule has 0 aromatic carbocycles. The van der Waals surface area contributed by atoms with Crippen LogP contribution in [0.1, 0.15) is 73.6 Å². The minimum Gasteiger partial charge on any atom is -0.392 e. The summed E-state index contributed by atoms with van der Waals surface area (Å²) < 4.78 is 0. The van der Waals surface area contributed by atoms with Gasteiger partial charge in [0.15, 0.2) is 0 Å². The van der Waals surface area contributed by atoms with E-state index in [0.29, 0.717) is 12.0 Å². The molecule has 24 heavy (non-hydrogen) atoms. The van der Waals surface area contributed by atoms with Crippen LogP contribution in [0.2, 0.25) is 0 Å². The minimum absolute atomic E-state index is 0.0553. The van der Waals surface area contributed by atoms with Crippen LogP contribution in [0.4, 0.5) is 0 Å². The summed E-state index contributed by atoms with van der Waals surface area (Å²) in [5, 5.41) is 18.7. The van der Waals surface area contributed by atoms with Crippen LogP contribution >= 0.6 is 0 Å². The predicted molar refractivity (Wildman–Crippen MR) is 104 cm³/mol. The highest BCUT2D eigenvalue weighted by Crippen LogP contribution is 2.17. The molecule has 2 aliphatic rings.